The van der Waals surface area contributed by atoms with Crippen molar-refractivity contribution in [3.8, 4) is 66.8 Å². The Morgan fingerprint density at radius 2 is 0.463 bits per heavy atom. The van der Waals surface area contributed by atoms with Crippen LogP contribution in [-0.2, 0) is 43.3 Å². The van der Waals surface area contributed by atoms with E-state index in [1.54, 1.807) is 0 Å². The quantitative estimate of drug-likeness (QED) is 0.0923. The number of hydrogen-bond acceptors (Lipinski definition) is 6. The van der Waals surface area contributed by atoms with Crippen molar-refractivity contribution in [1.82, 2.24) is 0 Å². The molecule has 0 aromatic heterocycles. The van der Waals surface area contributed by atoms with E-state index in [2.05, 4.69) is 300 Å². The standard InChI is InChI=1S/C74H94.2H3O3P/c1-67(2,3)48-34-38-54(60(42-48)71(13,14)15)59-46-58(53-33-29-28-32-52(53)47-30-26-25-27-31-47)64(55-39-35-49(68(4,5)6)43-61(55)72(16,17)18)66(57-41-37-51(70(10,11)12)45-63(57)74(22,23)24)65(59)56-40-36-50(69(7,8)9)44-62(56)73(19,20)21;2*1-4(2)3/h25-46H,1-24H3;2*1-3H. The Morgan fingerprint density at radius 3 is 0.756 bits per heavy atom. The fourth-order valence-corrected chi connectivity index (χ4v) is 10.9. The minimum atomic E-state index is -2.62. The van der Waals surface area contributed by atoms with Gasteiger partial charge in [0, 0.05) is 0 Å². The molecule has 8 heteroatoms. The van der Waals surface area contributed by atoms with Crippen molar-refractivity contribution in [1.29, 1.82) is 0 Å². The highest BCUT2D eigenvalue weighted by atomic mass is 31.2. The minimum Gasteiger partial charge on any atom is -0.328 e. The lowest BCUT2D eigenvalue weighted by Gasteiger charge is -2.35. The zero-order valence-corrected chi connectivity index (χ0v) is 56.1. The number of benzene rings is 7. The number of rotatable bonds is 6. The molecule has 0 saturated heterocycles. The van der Waals surface area contributed by atoms with Crippen LogP contribution < -0.4 is 0 Å². The summed E-state index contributed by atoms with van der Waals surface area (Å²) in [5.74, 6) is 0. The maximum atomic E-state index is 7.23. The summed E-state index contributed by atoms with van der Waals surface area (Å²) in [5, 5.41) is 0. The van der Waals surface area contributed by atoms with Crippen LogP contribution in [0.5, 0.6) is 0 Å². The zero-order chi connectivity index (χ0) is 62.3. The molecule has 0 atom stereocenters. The second-order valence-corrected chi connectivity index (χ2v) is 31.7. The summed E-state index contributed by atoms with van der Waals surface area (Å²) >= 11 is 0. The molecular weight excluding hydrogens is 1050 g/mol. The third-order valence-electron chi connectivity index (χ3n) is 15.5. The Bertz CT molecular complexity index is 3320. The van der Waals surface area contributed by atoms with Gasteiger partial charge in [0.25, 0.3) is 0 Å². The van der Waals surface area contributed by atoms with Crippen molar-refractivity contribution >= 4 is 17.2 Å². The highest BCUT2D eigenvalue weighted by molar-refractivity contribution is 7.38. The fourth-order valence-electron chi connectivity index (χ4n) is 10.9. The lowest BCUT2D eigenvalue weighted by atomic mass is 9.68. The molecule has 442 valence electrons. The molecule has 6 N–H and O–H groups in total. The molecule has 0 amide bonds. The third kappa shape index (κ3) is 16.5. The molecule has 0 radical (unpaired) electrons. The van der Waals surface area contributed by atoms with Crippen LogP contribution in [0, 0.1) is 0 Å². The first-order chi connectivity index (χ1) is 37.3. The smallest absolute Gasteiger partial charge is 0.324 e. The van der Waals surface area contributed by atoms with Crippen molar-refractivity contribution < 1.29 is 29.4 Å². The average Bonchev–Trinajstić information content (AvgIpc) is 1.63. The molecule has 7 aromatic rings. The molecule has 0 heterocycles. The van der Waals surface area contributed by atoms with Crippen LogP contribution >= 0.6 is 17.2 Å². The van der Waals surface area contributed by atoms with Gasteiger partial charge < -0.3 is 29.4 Å². The zero-order valence-electron chi connectivity index (χ0n) is 54.3. The first-order valence-electron chi connectivity index (χ1n) is 29.0. The van der Waals surface area contributed by atoms with Gasteiger partial charge >= 0.3 is 17.2 Å². The first kappa shape index (κ1) is 67.9. The maximum absolute atomic E-state index is 7.23. The van der Waals surface area contributed by atoms with Gasteiger partial charge in [-0.05, 0) is 161 Å². The molecule has 6 nitrogen and oxygen atoms in total. The SMILES string of the molecule is CC(C)(C)c1ccc(-c2cc(-c3ccccc3-c3ccccc3)c(-c3ccc(C(C)(C)C)cc3C(C)(C)C)c(-c3ccc(C(C)(C)C)cc3C(C)(C)C)c2-c2ccc(C(C)(C)C)cc2C(C)(C)C)c(C(C)(C)C)c1.OP(O)O.OP(O)O. The summed E-state index contributed by atoms with van der Waals surface area (Å²) in [5.41, 5.74) is 25.1. The Kier molecular flexibility index (Phi) is 20.7. The molecule has 82 heavy (non-hydrogen) atoms. The molecule has 0 aliphatic heterocycles. The van der Waals surface area contributed by atoms with Crippen molar-refractivity contribution in [3.05, 3.63) is 178 Å². The lowest BCUT2D eigenvalue weighted by molar-refractivity contribution is 0.366. The Labute approximate surface area is 498 Å². The van der Waals surface area contributed by atoms with Crippen LogP contribution in [0.15, 0.2) is 133 Å². The van der Waals surface area contributed by atoms with Gasteiger partial charge in [0.1, 0.15) is 0 Å². The van der Waals surface area contributed by atoms with Crippen LogP contribution in [0.25, 0.3) is 66.8 Å². The second-order valence-electron chi connectivity index (χ2n) is 30.6. The molecular formula is C74H100O6P2. The van der Waals surface area contributed by atoms with Crippen molar-refractivity contribution in [2.45, 2.75) is 209 Å². The first-order valence-corrected chi connectivity index (χ1v) is 31.4. The molecule has 0 aliphatic carbocycles. The maximum Gasteiger partial charge on any atom is 0.324 e. The summed E-state index contributed by atoms with van der Waals surface area (Å²) in [6.45, 7) is 57.3. The monoisotopic (exact) mass is 1150 g/mol. The third-order valence-corrected chi connectivity index (χ3v) is 15.5. The van der Waals surface area contributed by atoms with Crippen molar-refractivity contribution in [2.75, 3.05) is 0 Å². The van der Waals surface area contributed by atoms with E-state index >= 15 is 0 Å². The van der Waals surface area contributed by atoms with Crippen LogP contribution in [-0.4, -0.2) is 29.4 Å². The van der Waals surface area contributed by atoms with E-state index in [-0.39, 0.29) is 43.3 Å². The van der Waals surface area contributed by atoms with Crippen molar-refractivity contribution in [3.63, 3.8) is 0 Å². The predicted molar refractivity (Wildman–Crippen MR) is 356 cm³/mol. The average molecular weight is 1150 g/mol. The van der Waals surface area contributed by atoms with Gasteiger partial charge in [-0.1, -0.05) is 294 Å². The normalized spacial score (nSPS) is 13.0. The second kappa shape index (κ2) is 25.0. The Balaban J connectivity index is 0.00000144. The summed E-state index contributed by atoms with van der Waals surface area (Å²) in [4.78, 5) is 43.4. The van der Waals surface area contributed by atoms with E-state index < -0.39 is 17.2 Å². The Hall–Kier alpha value is -4.84. The molecule has 0 unspecified atom stereocenters. The van der Waals surface area contributed by atoms with Crippen LogP contribution in [0.2, 0.25) is 0 Å². The van der Waals surface area contributed by atoms with Crippen LogP contribution in [0.3, 0.4) is 0 Å². The minimum absolute atomic E-state index is 0.0304. The summed E-state index contributed by atoms with van der Waals surface area (Å²) in [6, 6.07) is 52.9. The van der Waals surface area contributed by atoms with Crippen LogP contribution in [0.4, 0.5) is 0 Å². The fraction of sp³-hybridized carbons (Fsp3) is 0.432. The highest BCUT2D eigenvalue weighted by Crippen LogP contribution is 2.57. The Morgan fingerprint density at radius 1 is 0.220 bits per heavy atom. The topological polar surface area (TPSA) is 121 Å². The van der Waals surface area contributed by atoms with Gasteiger partial charge in [0.2, 0.25) is 0 Å². The van der Waals surface area contributed by atoms with Crippen LogP contribution in [0.1, 0.15) is 211 Å². The lowest BCUT2D eigenvalue weighted by Crippen LogP contribution is -2.20. The predicted octanol–water partition coefficient (Wildman–Crippen LogP) is 20.4. The van der Waals surface area contributed by atoms with E-state index in [0.717, 1.165) is 0 Å². The summed E-state index contributed by atoms with van der Waals surface area (Å²) < 4.78 is 0. The molecule has 7 aromatic carbocycles. The van der Waals surface area contributed by atoms with Gasteiger partial charge in [-0.3, -0.25) is 0 Å². The molecule has 0 bridgehead atoms. The van der Waals surface area contributed by atoms with Gasteiger partial charge in [0.05, 0.1) is 0 Å². The highest BCUT2D eigenvalue weighted by Gasteiger charge is 2.36. The molecule has 0 fully saturated rings. The van der Waals surface area contributed by atoms with Crippen molar-refractivity contribution in [2.24, 2.45) is 0 Å². The van der Waals surface area contributed by atoms with E-state index in [4.69, 9.17) is 29.4 Å². The largest absolute Gasteiger partial charge is 0.328 e. The van der Waals surface area contributed by atoms with E-state index in [9.17, 15) is 0 Å². The molecule has 0 aliphatic rings. The molecule has 0 spiro atoms. The van der Waals surface area contributed by atoms with Gasteiger partial charge in [-0.25, -0.2) is 0 Å². The number of hydrogen-bond donors (Lipinski definition) is 6. The van der Waals surface area contributed by atoms with E-state index in [1.165, 1.54) is 111 Å². The van der Waals surface area contributed by atoms with Gasteiger partial charge in [-0.2, -0.15) is 0 Å². The molecule has 0 saturated carbocycles. The van der Waals surface area contributed by atoms with E-state index in [1.807, 2.05) is 0 Å². The summed E-state index contributed by atoms with van der Waals surface area (Å²) in [6.07, 6.45) is 0. The molecule has 7 rings (SSSR count). The van der Waals surface area contributed by atoms with Gasteiger partial charge in [0.15, 0.2) is 0 Å². The van der Waals surface area contributed by atoms with Gasteiger partial charge in [-0.15, -0.1) is 0 Å². The van der Waals surface area contributed by atoms with E-state index in [0.29, 0.717) is 0 Å². The summed E-state index contributed by atoms with van der Waals surface area (Å²) in [7, 11) is -5.24.